The minimum Gasteiger partial charge on any atom is -0.486 e. The average molecular weight is 205 g/mol. The second-order valence-electron chi connectivity index (χ2n) is 2.61. The maximum absolute atomic E-state index is 5.74. The van der Waals surface area contributed by atoms with Gasteiger partial charge in [-0.05, 0) is 24.4 Å². The van der Waals surface area contributed by atoms with Crippen LogP contribution in [0.2, 0.25) is 10.4 Å². The van der Waals surface area contributed by atoms with Crippen LogP contribution in [0, 0.1) is 0 Å². The Morgan fingerprint density at radius 1 is 1.42 bits per heavy atom. The lowest BCUT2D eigenvalue weighted by molar-refractivity contribution is 0.301. The van der Waals surface area contributed by atoms with Crippen LogP contribution >= 0.6 is 23.2 Å². The predicted molar refractivity (Wildman–Crippen MR) is 45.7 cm³/mol. The molecule has 5 heteroatoms. The van der Waals surface area contributed by atoms with Crippen molar-refractivity contribution < 1.29 is 4.74 Å². The van der Waals surface area contributed by atoms with Gasteiger partial charge in [0.1, 0.15) is 0 Å². The van der Waals surface area contributed by atoms with Crippen molar-refractivity contribution in [2.75, 3.05) is 0 Å². The fraction of sp³-hybridized carbons (Fsp3) is 0.429. The highest BCUT2D eigenvalue weighted by Crippen LogP contribution is 2.30. The zero-order chi connectivity index (χ0) is 8.55. The molecular weight excluding hydrogens is 199 g/mol. The lowest BCUT2D eigenvalue weighted by Gasteiger charge is -2.03. The number of rotatable bonds is 2. The summed E-state index contributed by atoms with van der Waals surface area (Å²) in [5.41, 5.74) is 0. The maximum Gasteiger partial charge on any atom is 0.224 e. The lowest BCUT2D eigenvalue weighted by Crippen LogP contribution is -1.98. The Morgan fingerprint density at radius 3 is 2.75 bits per heavy atom. The van der Waals surface area contributed by atoms with Crippen molar-refractivity contribution in [3.05, 3.63) is 16.6 Å². The summed E-state index contributed by atoms with van der Waals surface area (Å²) in [5, 5.41) is 0.421. The molecule has 1 aromatic rings. The van der Waals surface area contributed by atoms with Crippen molar-refractivity contribution in [1.29, 1.82) is 0 Å². The molecule has 1 fully saturated rings. The number of nitrogens with zero attached hydrogens (tertiary/aromatic N) is 2. The van der Waals surface area contributed by atoms with E-state index in [4.69, 9.17) is 27.9 Å². The molecule has 1 saturated carbocycles. The lowest BCUT2D eigenvalue weighted by atomic mass is 10.6. The topological polar surface area (TPSA) is 35.0 Å². The molecule has 1 aromatic heterocycles. The zero-order valence-electron chi connectivity index (χ0n) is 6.13. The highest BCUT2D eigenvalue weighted by atomic mass is 35.5. The first-order chi connectivity index (χ1) is 5.75. The van der Waals surface area contributed by atoms with Gasteiger partial charge >= 0.3 is 0 Å². The van der Waals surface area contributed by atoms with Crippen LogP contribution in [0.4, 0.5) is 0 Å². The van der Waals surface area contributed by atoms with Gasteiger partial charge in [-0.2, -0.15) is 0 Å². The van der Waals surface area contributed by atoms with Gasteiger partial charge in [0.2, 0.25) is 5.28 Å². The molecule has 0 atom stereocenters. The van der Waals surface area contributed by atoms with Crippen molar-refractivity contribution in [3.63, 3.8) is 0 Å². The van der Waals surface area contributed by atoms with Crippen molar-refractivity contribution in [1.82, 2.24) is 9.97 Å². The minimum absolute atomic E-state index is 0.142. The summed E-state index contributed by atoms with van der Waals surface area (Å²) in [7, 11) is 0. The van der Waals surface area contributed by atoms with Gasteiger partial charge in [-0.15, -0.1) is 0 Å². The zero-order valence-corrected chi connectivity index (χ0v) is 7.64. The molecule has 0 amide bonds. The van der Waals surface area contributed by atoms with Crippen molar-refractivity contribution in [2.45, 2.75) is 18.9 Å². The van der Waals surface area contributed by atoms with Crippen molar-refractivity contribution >= 4 is 23.2 Å². The molecular formula is C7H6Cl2N2O. The van der Waals surface area contributed by atoms with E-state index in [2.05, 4.69) is 9.97 Å². The first-order valence-electron chi connectivity index (χ1n) is 3.60. The minimum atomic E-state index is 0.142. The van der Waals surface area contributed by atoms with Crippen molar-refractivity contribution in [2.24, 2.45) is 0 Å². The number of aromatic nitrogens is 2. The van der Waals surface area contributed by atoms with E-state index in [1.165, 1.54) is 6.20 Å². The van der Waals surface area contributed by atoms with Crippen LogP contribution in [0.1, 0.15) is 12.8 Å². The summed E-state index contributed by atoms with van der Waals surface area (Å²) in [6.07, 6.45) is 3.96. The van der Waals surface area contributed by atoms with Crippen LogP contribution in [0.15, 0.2) is 6.20 Å². The van der Waals surface area contributed by atoms with E-state index < -0.39 is 0 Å². The molecule has 0 saturated heterocycles. The van der Waals surface area contributed by atoms with Crippen LogP contribution in [0.5, 0.6) is 5.75 Å². The Bertz CT molecular complexity index is 301. The van der Waals surface area contributed by atoms with E-state index in [1.807, 2.05) is 0 Å². The predicted octanol–water partition coefficient (Wildman–Crippen LogP) is 2.32. The molecule has 2 rings (SSSR count). The standard InChI is InChI=1S/C7H6Cl2N2O/c8-6-5(12-4-1-2-4)3-10-7(9)11-6/h3-4H,1-2H2. The van der Waals surface area contributed by atoms with Gasteiger partial charge in [-0.3, -0.25) is 0 Å². The smallest absolute Gasteiger partial charge is 0.224 e. The first kappa shape index (κ1) is 8.08. The molecule has 64 valence electrons. The molecule has 0 aromatic carbocycles. The third-order valence-electron chi connectivity index (χ3n) is 1.50. The molecule has 12 heavy (non-hydrogen) atoms. The molecule has 0 spiro atoms. The van der Waals surface area contributed by atoms with Gasteiger partial charge in [0.15, 0.2) is 10.9 Å². The second kappa shape index (κ2) is 3.07. The molecule has 0 radical (unpaired) electrons. The Kier molecular flexibility index (Phi) is 2.07. The molecule has 0 N–H and O–H groups in total. The molecule has 1 heterocycles. The number of halogens is 2. The molecule has 1 aliphatic carbocycles. The SMILES string of the molecule is Clc1ncc(OC2CC2)c(Cl)n1. The fourth-order valence-corrected chi connectivity index (χ4v) is 1.12. The summed E-state index contributed by atoms with van der Waals surface area (Å²) in [6, 6.07) is 0. The molecule has 1 aliphatic rings. The van der Waals surface area contributed by atoms with Gasteiger partial charge in [0.05, 0.1) is 12.3 Å². The summed E-state index contributed by atoms with van der Waals surface area (Å²) in [6.45, 7) is 0. The summed E-state index contributed by atoms with van der Waals surface area (Å²) >= 11 is 11.2. The van der Waals surface area contributed by atoms with E-state index in [-0.39, 0.29) is 10.4 Å². The van der Waals surface area contributed by atoms with Gasteiger partial charge in [0, 0.05) is 0 Å². The van der Waals surface area contributed by atoms with Crippen LogP contribution in [-0.2, 0) is 0 Å². The van der Waals surface area contributed by atoms with E-state index in [0.29, 0.717) is 11.9 Å². The van der Waals surface area contributed by atoms with Gasteiger partial charge in [-0.1, -0.05) is 11.6 Å². The maximum atomic E-state index is 5.74. The summed E-state index contributed by atoms with van der Waals surface area (Å²) in [4.78, 5) is 7.51. The molecule has 3 nitrogen and oxygen atoms in total. The number of hydrogen-bond donors (Lipinski definition) is 0. The Hall–Kier alpha value is -0.540. The number of hydrogen-bond acceptors (Lipinski definition) is 3. The van der Waals surface area contributed by atoms with E-state index in [9.17, 15) is 0 Å². The Labute approximate surface area is 79.7 Å². The molecule has 0 aliphatic heterocycles. The summed E-state index contributed by atoms with van der Waals surface area (Å²) < 4.78 is 5.40. The first-order valence-corrected chi connectivity index (χ1v) is 4.36. The highest BCUT2D eigenvalue weighted by Gasteiger charge is 2.24. The van der Waals surface area contributed by atoms with Gasteiger partial charge in [0.25, 0.3) is 0 Å². The van der Waals surface area contributed by atoms with E-state index in [1.54, 1.807) is 0 Å². The molecule has 0 unspecified atom stereocenters. The van der Waals surface area contributed by atoms with Gasteiger partial charge in [-0.25, -0.2) is 9.97 Å². The van der Waals surface area contributed by atoms with E-state index >= 15 is 0 Å². The van der Waals surface area contributed by atoms with E-state index in [0.717, 1.165) is 12.8 Å². The third-order valence-corrected chi connectivity index (χ3v) is 1.95. The largest absolute Gasteiger partial charge is 0.486 e. The third kappa shape index (κ3) is 1.79. The highest BCUT2D eigenvalue weighted by molar-refractivity contribution is 6.32. The molecule has 0 bridgehead atoms. The number of ether oxygens (including phenoxy) is 1. The van der Waals surface area contributed by atoms with Crippen LogP contribution < -0.4 is 4.74 Å². The monoisotopic (exact) mass is 204 g/mol. The second-order valence-corrected chi connectivity index (χ2v) is 3.31. The normalized spacial score (nSPS) is 16.2. The van der Waals surface area contributed by atoms with Crippen LogP contribution in [0.3, 0.4) is 0 Å². The Morgan fingerprint density at radius 2 is 2.17 bits per heavy atom. The van der Waals surface area contributed by atoms with Crippen LogP contribution in [-0.4, -0.2) is 16.1 Å². The average Bonchev–Trinajstić information content (AvgIpc) is 2.79. The fourth-order valence-electron chi connectivity index (χ4n) is 0.775. The van der Waals surface area contributed by atoms with Gasteiger partial charge < -0.3 is 4.74 Å². The quantitative estimate of drug-likeness (QED) is 0.548. The van der Waals surface area contributed by atoms with Crippen LogP contribution in [0.25, 0.3) is 0 Å². The van der Waals surface area contributed by atoms with Crippen molar-refractivity contribution in [3.8, 4) is 5.75 Å². The summed E-state index contributed by atoms with van der Waals surface area (Å²) in [5.74, 6) is 0.517. The Balaban J connectivity index is 2.18.